The molecule has 1 aromatic carbocycles. The van der Waals surface area contributed by atoms with Gasteiger partial charge in [-0.1, -0.05) is 49.1 Å². The second-order valence-electron chi connectivity index (χ2n) is 5.91. The lowest BCUT2D eigenvalue weighted by molar-refractivity contribution is -0.137. The summed E-state index contributed by atoms with van der Waals surface area (Å²) in [5, 5.41) is 12.8. The number of aromatic nitrogens is 1. The zero-order chi connectivity index (χ0) is 17.5. The zero-order valence-electron chi connectivity index (χ0n) is 13.8. The molecule has 0 saturated carbocycles. The Kier molecular flexibility index (Phi) is 6.67. The highest BCUT2D eigenvalue weighted by Gasteiger charge is 2.18. The summed E-state index contributed by atoms with van der Waals surface area (Å²) >= 11 is 6.35. The number of fused-ring (bicyclic) bond motifs is 1. The molecular weight excluding hydrogens is 328 g/mol. The molecule has 1 heterocycles. The van der Waals surface area contributed by atoms with Crippen molar-refractivity contribution in [2.45, 2.75) is 38.5 Å². The maximum Gasteiger partial charge on any atom is 0.303 e. The molecular formula is C18H23ClN2O3. The summed E-state index contributed by atoms with van der Waals surface area (Å²) in [6, 6.07) is 7.67. The van der Waals surface area contributed by atoms with E-state index in [1.165, 1.54) is 0 Å². The third-order valence-corrected chi connectivity index (χ3v) is 4.50. The van der Waals surface area contributed by atoms with Gasteiger partial charge in [0.25, 0.3) is 5.91 Å². The van der Waals surface area contributed by atoms with Gasteiger partial charge in [0.05, 0.1) is 5.02 Å². The summed E-state index contributed by atoms with van der Waals surface area (Å²) in [4.78, 5) is 22.8. The second kappa shape index (κ2) is 8.73. The Balaban J connectivity index is 1.78. The van der Waals surface area contributed by atoms with E-state index in [-0.39, 0.29) is 12.3 Å². The summed E-state index contributed by atoms with van der Waals surface area (Å²) in [6.45, 7) is 0.593. The van der Waals surface area contributed by atoms with E-state index in [4.69, 9.17) is 16.7 Å². The lowest BCUT2D eigenvalue weighted by atomic mass is 10.1. The van der Waals surface area contributed by atoms with Crippen LogP contribution in [0.2, 0.25) is 5.02 Å². The Morgan fingerprint density at radius 3 is 2.50 bits per heavy atom. The van der Waals surface area contributed by atoms with Gasteiger partial charge >= 0.3 is 5.97 Å². The number of nitrogens with zero attached hydrogens (tertiary/aromatic N) is 1. The molecule has 0 atom stereocenters. The van der Waals surface area contributed by atoms with Gasteiger partial charge in [-0.3, -0.25) is 9.59 Å². The summed E-state index contributed by atoms with van der Waals surface area (Å²) in [6.07, 6.45) is 4.69. The molecule has 2 rings (SSSR count). The Hall–Kier alpha value is -2.01. The van der Waals surface area contributed by atoms with Crippen molar-refractivity contribution < 1.29 is 14.7 Å². The first-order valence-electron chi connectivity index (χ1n) is 8.25. The van der Waals surface area contributed by atoms with E-state index < -0.39 is 5.97 Å². The minimum absolute atomic E-state index is 0.162. The van der Waals surface area contributed by atoms with Gasteiger partial charge in [-0.25, -0.2) is 0 Å². The van der Waals surface area contributed by atoms with E-state index in [1.54, 1.807) is 0 Å². The van der Waals surface area contributed by atoms with E-state index in [0.717, 1.165) is 36.6 Å². The molecule has 0 radical (unpaired) electrons. The molecule has 0 spiro atoms. The van der Waals surface area contributed by atoms with Crippen LogP contribution in [0.5, 0.6) is 0 Å². The van der Waals surface area contributed by atoms with Crippen LogP contribution in [-0.2, 0) is 11.8 Å². The number of hydrogen-bond donors (Lipinski definition) is 2. The lowest BCUT2D eigenvalue weighted by Crippen LogP contribution is -2.26. The average Bonchev–Trinajstić information content (AvgIpc) is 2.81. The minimum atomic E-state index is -0.742. The number of carbonyl (C=O) groups is 2. The molecule has 0 aliphatic carbocycles. The molecule has 5 nitrogen and oxygen atoms in total. The Morgan fingerprint density at radius 1 is 1.12 bits per heavy atom. The number of aryl methyl sites for hydroxylation is 1. The summed E-state index contributed by atoms with van der Waals surface area (Å²) in [7, 11) is 1.84. The van der Waals surface area contributed by atoms with Crippen LogP contribution in [0.3, 0.4) is 0 Å². The first-order valence-corrected chi connectivity index (χ1v) is 8.63. The van der Waals surface area contributed by atoms with E-state index in [1.807, 2.05) is 35.9 Å². The van der Waals surface area contributed by atoms with Gasteiger partial charge in [-0.2, -0.15) is 0 Å². The fourth-order valence-electron chi connectivity index (χ4n) is 2.82. The molecule has 0 fully saturated rings. The number of carboxylic acid groups (broad SMARTS) is 1. The maximum absolute atomic E-state index is 12.4. The fourth-order valence-corrected chi connectivity index (χ4v) is 3.19. The number of rotatable bonds is 9. The lowest BCUT2D eigenvalue weighted by Gasteiger charge is -2.07. The smallest absolute Gasteiger partial charge is 0.303 e. The van der Waals surface area contributed by atoms with Crippen LogP contribution in [0.4, 0.5) is 0 Å². The highest BCUT2D eigenvalue weighted by molar-refractivity contribution is 6.38. The average molecular weight is 351 g/mol. The number of aliphatic carboxylic acids is 1. The van der Waals surface area contributed by atoms with E-state index in [9.17, 15) is 9.59 Å². The van der Waals surface area contributed by atoms with Crippen LogP contribution in [-0.4, -0.2) is 28.1 Å². The molecule has 0 aliphatic rings. The van der Waals surface area contributed by atoms with Gasteiger partial charge in [0.15, 0.2) is 0 Å². The van der Waals surface area contributed by atoms with Crippen LogP contribution < -0.4 is 5.32 Å². The number of amides is 1. The summed E-state index contributed by atoms with van der Waals surface area (Å²) in [5.74, 6) is -0.904. The van der Waals surface area contributed by atoms with Crippen LogP contribution in [0.15, 0.2) is 24.3 Å². The molecule has 24 heavy (non-hydrogen) atoms. The standard InChI is InChI=1S/C18H23ClN2O3/c1-21-14-10-7-6-9-13(14)16(19)17(21)18(24)20-12-8-4-2-3-5-11-15(22)23/h6-7,9-10H,2-5,8,11-12H2,1H3,(H,20,24)(H,22,23). The van der Waals surface area contributed by atoms with Crippen molar-refractivity contribution in [1.29, 1.82) is 0 Å². The van der Waals surface area contributed by atoms with Crippen molar-refractivity contribution in [1.82, 2.24) is 9.88 Å². The number of para-hydroxylation sites is 1. The van der Waals surface area contributed by atoms with Crippen molar-refractivity contribution in [3.63, 3.8) is 0 Å². The first kappa shape index (κ1) is 18.3. The highest BCUT2D eigenvalue weighted by atomic mass is 35.5. The molecule has 0 aliphatic heterocycles. The Labute approximate surface area is 146 Å². The molecule has 0 saturated heterocycles. The third-order valence-electron chi connectivity index (χ3n) is 4.11. The number of unbranched alkanes of at least 4 members (excludes halogenated alkanes) is 4. The van der Waals surface area contributed by atoms with Gasteiger partial charge in [0.1, 0.15) is 5.69 Å². The SMILES string of the molecule is Cn1c(C(=O)NCCCCCCCC(=O)O)c(Cl)c2ccccc21. The molecule has 1 aromatic heterocycles. The van der Waals surface area contributed by atoms with Crippen LogP contribution in [0.25, 0.3) is 10.9 Å². The minimum Gasteiger partial charge on any atom is -0.481 e. The number of carbonyl (C=O) groups excluding carboxylic acids is 1. The predicted octanol–water partition coefficient (Wildman–Crippen LogP) is 3.99. The van der Waals surface area contributed by atoms with Crippen LogP contribution in [0, 0.1) is 0 Å². The summed E-state index contributed by atoms with van der Waals surface area (Å²) < 4.78 is 1.82. The quantitative estimate of drug-likeness (QED) is 0.672. The van der Waals surface area contributed by atoms with Crippen molar-refractivity contribution in [3.8, 4) is 0 Å². The number of benzene rings is 1. The van der Waals surface area contributed by atoms with Crippen molar-refractivity contribution in [3.05, 3.63) is 35.0 Å². The number of nitrogens with one attached hydrogen (secondary N) is 1. The van der Waals surface area contributed by atoms with Crippen LogP contribution in [0.1, 0.15) is 49.0 Å². The molecule has 2 aromatic rings. The second-order valence-corrected chi connectivity index (χ2v) is 6.28. The van der Waals surface area contributed by atoms with Gasteiger partial charge in [0, 0.05) is 30.9 Å². The molecule has 0 bridgehead atoms. The number of halogens is 1. The van der Waals surface area contributed by atoms with Crippen molar-refractivity contribution in [2.75, 3.05) is 6.54 Å². The van der Waals surface area contributed by atoms with Gasteiger partial charge in [-0.05, 0) is 18.9 Å². The maximum atomic E-state index is 12.4. The first-order chi connectivity index (χ1) is 11.5. The van der Waals surface area contributed by atoms with Crippen molar-refractivity contribution >= 4 is 34.4 Å². The number of carboxylic acids is 1. The van der Waals surface area contributed by atoms with E-state index in [0.29, 0.717) is 23.7 Å². The van der Waals surface area contributed by atoms with Gasteiger partial charge in [-0.15, -0.1) is 0 Å². The monoisotopic (exact) mass is 350 g/mol. The predicted molar refractivity (Wildman–Crippen MR) is 95.6 cm³/mol. The van der Waals surface area contributed by atoms with Crippen LogP contribution >= 0.6 is 11.6 Å². The van der Waals surface area contributed by atoms with Gasteiger partial charge < -0.3 is 15.0 Å². The molecule has 0 unspecified atom stereocenters. The third kappa shape index (κ3) is 4.51. The molecule has 6 heteroatoms. The summed E-state index contributed by atoms with van der Waals surface area (Å²) in [5.41, 5.74) is 1.42. The van der Waals surface area contributed by atoms with Gasteiger partial charge in [0.2, 0.25) is 0 Å². The van der Waals surface area contributed by atoms with E-state index >= 15 is 0 Å². The fraction of sp³-hybridized carbons (Fsp3) is 0.444. The molecule has 1 amide bonds. The Morgan fingerprint density at radius 2 is 1.79 bits per heavy atom. The number of hydrogen-bond acceptors (Lipinski definition) is 2. The molecule has 2 N–H and O–H groups in total. The molecule has 130 valence electrons. The Bertz CT molecular complexity index is 685. The van der Waals surface area contributed by atoms with Crippen molar-refractivity contribution in [2.24, 2.45) is 7.05 Å². The topological polar surface area (TPSA) is 71.3 Å². The van der Waals surface area contributed by atoms with E-state index in [2.05, 4.69) is 5.32 Å². The normalized spacial score (nSPS) is 10.9. The zero-order valence-corrected chi connectivity index (χ0v) is 14.6. The largest absolute Gasteiger partial charge is 0.481 e. The highest BCUT2D eigenvalue weighted by Crippen LogP contribution is 2.29.